The SMILES string of the molecule is COC(=O)c1cnn(CC2CCCCN2)c1. The van der Waals surface area contributed by atoms with Gasteiger partial charge in [-0.2, -0.15) is 5.10 Å². The van der Waals surface area contributed by atoms with Crippen molar-refractivity contribution in [2.75, 3.05) is 13.7 Å². The monoisotopic (exact) mass is 223 g/mol. The number of piperidine rings is 1. The predicted octanol–water partition coefficient (Wildman–Crippen LogP) is 0.812. The lowest BCUT2D eigenvalue weighted by Crippen LogP contribution is -2.37. The number of hydrogen-bond acceptors (Lipinski definition) is 4. The number of carbonyl (C=O) groups is 1. The van der Waals surface area contributed by atoms with Gasteiger partial charge in [-0.05, 0) is 19.4 Å². The quantitative estimate of drug-likeness (QED) is 0.770. The molecule has 0 radical (unpaired) electrons. The molecular formula is C11H17N3O2. The summed E-state index contributed by atoms with van der Waals surface area (Å²) in [5, 5.41) is 7.60. The normalized spacial score (nSPS) is 20.7. The number of methoxy groups -OCH3 is 1. The highest BCUT2D eigenvalue weighted by atomic mass is 16.5. The molecule has 0 aliphatic carbocycles. The maximum Gasteiger partial charge on any atom is 0.341 e. The standard InChI is InChI=1S/C11H17N3O2/c1-16-11(15)9-6-13-14(7-9)8-10-4-2-3-5-12-10/h6-7,10,12H,2-5,8H2,1H3. The van der Waals surface area contributed by atoms with Gasteiger partial charge in [-0.3, -0.25) is 4.68 Å². The Morgan fingerprint density at radius 2 is 2.56 bits per heavy atom. The second kappa shape index (κ2) is 5.12. The predicted molar refractivity (Wildman–Crippen MR) is 59.2 cm³/mol. The first-order valence-corrected chi connectivity index (χ1v) is 5.64. The Labute approximate surface area is 94.8 Å². The molecule has 1 atom stereocenters. The second-order valence-corrected chi connectivity index (χ2v) is 4.09. The summed E-state index contributed by atoms with van der Waals surface area (Å²) < 4.78 is 6.43. The van der Waals surface area contributed by atoms with Gasteiger partial charge in [0.25, 0.3) is 0 Å². The highest BCUT2D eigenvalue weighted by molar-refractivity contribution is 5.88. The number of carbonyl (C=O) groups excluding carboxylic acids is 1. The van der Waals surface area contributed by atoms with E-state index in [-0.39, 0.29) is 5.97 Å². The fraction of sp³-hybridized carbons (Fsp3) is 0.636. The van der Waals surface area contributed by atoms with E-state index >= 15 is 0 Å². The number of hydrogen-bond donors (Lipinski definition) is 1. The first-order chi connectivity index (χ1) is 7.79. The lowest BCUT2D eigenvalue weighted by Gasteiger charge is -2.23. The molecule has 1 N–H and O–H groups in total. The molecule has 16 heavy (non-hydrogen) atoms. The molecule has 2 heterocycles. The zero-order valence-corrected chi connectivity index (χ0v) is 9.48. The van der Waals surface area contributed by atoms with Crippen LogP contribution in [0.2, 0.25) is 0 Å². The molecule has 2 rings (SSSR count). The van der Waals surface area contributed by atoms with E-state index in [1.54, 1.807) is 17.1 Å². The summed E-state index contributed by atoms with van der Waals surface area (Å²) in [4.78, 5) is 11.2. The van der Waals surface area contributed by atoms with Gasteiger partial charge in [0.2, 0.25) is 0 Å². The van der Waals surface area contributed by atoms with Crippen molar-refractivity contribution >= 4 is 5.97 Å². The smallest absolute Gasteiger partial charge is 0.341 e. The fourth-order valence-electron chi connectivity index (χ4n) is 1.99. The van der Waals surface area contributed by atoms with Crippen LogP contribution in [0.5, 0.6) is 0 Å². The number of nitrogens with one attached hydrogen (secondary N) is 1. The summed E-state index contributed by atoms with van der Waals surface area (Å²) in [6.07, 6.45) is 6.98. The minimum Gasteiger partial charge on any atom is -0.465 e. The van der Waals surface area contributed by atoms with Crippen LogP contribution in [-0.4, -0.2) is 35.4 Å². The highest BCUT2D eigenvalue weighted by Crippen LogP contribution is 2.09. The van der Waals surface area contributed by atoms with Crippen molar-refractivity contribution in [2.24, 2.45) is 0 Å². The molecule has 0 saturated carbocycles. The molecule has 1 unspecified atom stereocenters. The molecule has 0 aromatic carbocycles. The Morgan fingerprint density at radius 1 is 1.69 bits per heavy atom. The Kier molecular flexibility index (Phi) is 3.56. The van der Waals surface area contributed by atoms with Crippen LogP contribution >= 0.6 is 0 Å². The minimum atomic E-state index is -0.331. The number of rotatable bonds is 3. The average Bonchev–Trinajstić information content (AvgIpc) is 2.78. The van der Waals surface area contributed by atoms with E-state index in [9.17, 15) is 4.79 Å². The maximum absolute atomic E-state index is 11.2. The van der Waals surface area contributed by atoms with Gasteiger partial charge in [0.1, 0.15) is 0 Å². The van der Waals surface area contributed by atoms with Gasteiger partial charge in [-0.25, -0.2) is 4.79 Å². The van der Waals surface area contributed by atoms with Gasteiger partial charge >= 0.3 is 5.97 Å². The molecule has 1 aliphatic heterocycles. The number of aromatic nitrogens is 2. The van der Waals surface area contributed by atoms with Crippen LogP contribution < -0.4 is 5.32 Å². The average molecular weight is 223 g/mol. The Bertz CT molecular complexity index is 356. The van der Waals surface area contributed by atoms with Crippen LogP contribution in [-0.2, 0) is 11.3 Å². The van der Waals surface area contributed by atoms with Crippen LogP contribution in [0.4, 0.5) is 0 Å². The van der Waals surface area contributed by atoms with Crippen molar-refractivity contribution in [2.45, 2.75) is 31.8 Å². The third-order valence-electron chi connectivity index (χ3n) is 2.87. The maximum atomic E-state index is 11.2. The minimum absolute atomic E-state index is 0.331. The van der Waals surface area contributed by atoms with Gasteiger partial charge in [0.15, 0.2) is 0 Å². The molecule has 0 amide bonds. The van der Waals surface area contributed by atoms with Crippen LogP contribution in [0.1, 0.15) is 29.6 Å². The molecule has 0 bridgehead atoms. The Balaban J connectivity index is 1.94. The summed E-state index contributed by atoms with van der Waals surface area (Å²) in [6.45, 7) is 1.90. The van der Waals surface area contributed by atoms with Crippen molar-refractivity contribution in [1.82, 2.24) is 15.1 Å². The summed E-state index contributed by atoms with van der Waals surface area (Å²) in [6, 6.07) is 0.471. The topological polar surface area (TPSA) is 56.1 Å². The molecule has 88 valence electrons. The van der Waals surface area contributed by atoms with Crippen molar-refractivity contribution < 1.29 is 9.53 Å². The van der Waals surface area contributed by atoms with Gasteiger partial charge in [0, 0.05) is 12.2 Å². The van der Waals surface area contributed by atoms with Gasteiger partial charge < -0.3 is 10.1 Å². The van der Waals surface area contributed by atoms with E-state index in [1.165, 1.54) is 26.4 Å². The van der Waals surface area contributed by atoms with Crippen molar-refractivity contribution in [3.8, 4) is 0 Å². The third kappa shape index (κ3) is 2.61. The first kappa shape index (κ1) is 11.1. The van der Waals surface area contributed by atoms with Crippen LogP contribution in [0.15, 0.2) is 12.4 Å². The fourth-order valence-corrected chi connectivity index (χ4v) is 1.99. The van der Waals surface area contributed by atoms with E-state index in [2.05, 4.69) is 15.2 Å². The van der Waals surface area contributed by atoms with E-state index in [1.807, 2.05) is 0 Å². The molecule has 0 spiro atoms. The number of ether oxygens (including phenoxy) is 1. The molecule has 5 nitrogen and oxygen atoms in total. The lowest BCUT2D eigenvalue weighted by molar-refractivity contribution is 0.0600. The summed E-state index contributed by atoms with van der Waals surface area (Å²) in [7, 11) is 1.38. The lowest BCUT2D eigenvalue weighted by atomic mass is 10.1. The first-order valence-electron chi connectivity index (χ1n) is 5.64. The zero-order chi connectivity index (χ0) is 11.4. The van der Waals surface area contributed by atoms with Crippen LogP contribution in [0.25, 0.3) is 0 Å². The van der Waals surface area contributed by atoms with Gasteiger partial charge in [-0.1, -0.05) is 6.42 Å². The molecule has 1 aromatic rings. The van der Waals surface area contributed by atoms with Crippen molar-refractivity contribution in [3.63, 3.8) is 0 Å². The Morgan fingerprint density at radius 3 is 3.25 bits per heavy atom. The molecule has 1 aromatic heterocycles. The molecule has 5 heteroatoms. The van der Waals surface area contributed by atoms with E-state index in [4.69, 9.17) is 0 Å². The van der Waals surface area contributed by atoms with Crippen molar-refractivity contribution in [3.05, 3.63) is 18.0 Å². The molecular weight excluding hydrogens is 206 g/mol. The molecule has 1 fully saturated rings. The number of nitrogens with zero attached hydrogens (tertiary/aromatic N) is 2. The summed E-state index contributed by atoms with van der Waals surface area (Å²) >= 11 is 0. The zero-order valence-electron chi connectivity index (χ0n) is 9.48. The van der Waals surface area contributed by atoms with Crippen LogP contribution in [0, 0.1) is 0 Å². The highest BCUT2D eigenvalue weighted by Gasteiger charge is 2.14. The van der Waals surface area contributed by atoms with Crippen molar-refractivity contribution in [1.29, 1.82) is 0 Å². The second-order valence-electron chi connectivity index (χ2n) is 4.09. The largest absolute Gasteiger partial charge is 0.465 e. The van der Waals surface area contributed by atoms with Crippen LogP contribution in [0.3, 0.4) is 0 Å². The van der Waals surface area contributed by atoms with E-state index in [0.29, 0.717) is 11.6 Å². The molecule has 1 saturated heterocycles. The summed E-state index contributed by atoms with van der Waals surface area (Å²) in [5.41, 5.74) is 0.512. The van der Waals surface area contributed by atoms with E-state index < -0.39 is 0 Å². The summed E-state index contributed by atoms with van der Waals surface area (Å²) in [5.74, 6) is -0.331. The molecule has 1 aliphatic rings. The van der Waals surface area contributed by atoms with Gasteiger partial charge in [-0.15, -0.1) is 0 Å². The Hall–Kier alpha value is -1.36. The van der Waals surface area contributed by atoms with E-state index in [0.717, 1.165) is 13.1 Å². The van der Waals surface area contributed by atoms with Gasteiger partial charge in [0.05, 0.1) is 25.4 Å². The number of esters is 1. The third-order valence-corrected chi connectivity index (χ3v) is 2.87.